The van der Waals surface area contributed by atoms with E-state index in [9.17, 15) is 4.79 Å². The van der Waals surface area contributed by atoms with Gasteiger partial charge in [-0.3, -0.25) is 9.79 Å². The fourth-order valence-electron chi connectivity index (χ4n) is 2.69. The minimum atomic E-state index is -0.0832. The Morgan fingerprint density at radius 3 is 3.00 bits per heavy atom. The number of cyclic esters (lactones) is 1. The second-order valence-corrected chi connectivity index (χ2v) is 5.54. The van der Waals surface area contributed by atoms with Gasteiger partial charge in [-0.1, -0.05) is 19.1 Å². The molecule has 4 unspecified atom stereocenters. The van der Waals surface area contributed by atoms with Crippen LogP contribution in [-0.4, -0.2) is 44.3 Å². The molecule has 0 spiro atoms. The van der Waals surface area contributed by atoms with E-state index in [1.165, 1.54) is 0 Å². The number of fused-ring (bicyclic) bond motifs is 1. The largest absolute Gasteiger partial charge is 0.463 e. The second-order valence-electron chi connectivity index (χ2n) is 5.54. The zero-order chi connectivity index (χ0) is 13.7. The summed E-state index contributed by atoms with van der Waals surface area (Å²) < 4.78 is 11.0. The molecule has 2 fully saturated rings. The summed E-state index contributed by atoms with van der Waals surface area (Å²) in [5.74, 6) is -0.0832. The number of carbonyl (C=O) groups is 1. The predicted octanol–water partition coefficient (Wildman–Crippen LogP) is 2.26. The minimum absolute atomic E-state index is 0.0672. The first-order chi connectivity index (χ1) is 9.20. The third kappa shape index (κ3) is 4.64. The first-order valence-corrected chi connectivity index (χ1v) is 7.33. The van der Waals surface area contributed by atoms with Gasteiger partial charge in [-0.2, -0.15) is 0 Å². The summed E-state index contributed by atoms with van der Waals surface area (Å²) in [7, 11) is 2.29. The fourth-order valence-corrected chi connectivity index (χ4v) is 2.69. The van der Waals surface area contributed by atoms with E-state index in [1.54, 1.807) is 0 Å². The second kappa shape index (κ2) is 7.08. The monoisotopic (exact) mass is 264 g/mol. The number of hydrogen-bond donors (Lipinski definition) is 0. The van der Waals surface area contributed by atoms with Crippen LogP contribution in [0.3, 0.4) is 0 Å². The van der Waals surface area contributed by atoms with Gasteiger partial charge in [-0.15, -0.1) is 0 Å². The van der Waals surface area contributed by atoms with E-state index in [1.807, 2.05) is 6.92 Å². The van der Waals surface area contributed by atoms with Gasteiger partial charge < -0.3 is 9.47 Å². The Labute approximate surface area is 116 Å². The Morgan fingerprint density at radius 1 is 1.37 bits per heavy atom. The van der Waals surface area contributed by atoms with Crippen LogP contribution >= 0.6 is 0 Å². The lowest BCUT2D eigenvalue weighted by Gasteiger charge is -2.13. The molecule has 0 aromatic carbocycles. The van der Waals surface area contributed by atoms with Crippen LogP contribution in [0.2, 0.25) is 12.6 Å². The highest BCUT2D eigenvalue weighted by molar-refractivity contribution is 6.35. The van der Waals surface area contributed by atoms with Crippen LogP contribution < -0.4 is 0 Å². The van der Waals surface area contributed by atoms with Gasteiger partial charge in [0.2, 0.25) is 0 Å². The van der Waals surface area contributed by atoms with Crippen molar-refractivity contribution in [1.82, 2.24) is 0 Å². The number of hydrogen-bond acceptors (Lipinski definition) is 4. The Morgan fingerprint density at radius 2 is 2.21 bits per heavy atom. The number of epoxide rings is 1. The Hall–Kier alpha value is -0.835. The first-order valence-electron chi connectivity index (χ1n) is 7.33. The van der Waals surface area contributed by atoms with E-state index in [2.05, 4.69) is 19.0 Å². The minimum Gasteiger partial charge on any atom is -0.463 e. The summed E-state index contributed by atoms with van der Waals surface area (Å²) >= 11 is 0. The summed E-state index contributed by atoms with van der Waals surface area (Å²) in [6.07, 6.45) is 6.68. The van der Waals surface area contributed by atoms with Gasteiger partial charge in [0.1, 0.15) is 19.5 Å². The molecule has 4 atom stereocenters. The SMILES string of the molecule is C=NC1CC[B]CCCCC(=O)OC(C)CC2OC12. The summed E-state index contributed by atoms with van der Waals surface area (Å²) in [6, 6.07) is 0.187. The van der Waals surface area contributed by atoms with Gasteiger partial charge in [-0.05, 0) is 26.5 Å². The van der Waals surface area contributed by atoms with Crippen LogP contribution in [0.25, 0.3) is 0 Å². The molecule has 0 aromatic heterocycles. The topological polar surface area (TPSA) is 51.2 Å². The van der Waals surface area contributed by atoms with Gasteiger partial charge >= 0.3 is 5.97 Å². The van der Waals surface area contributed by atoms with E-state index in [0.29, 0.717) is 6.42 Å². The number of esters is 1. The van der Waals surface area contributed by atoms with Crippen LogP contribution in [0.4, 0.5) is 0 Å². The quantitative estimate of drug-likeness (QED) is 0.316. The third-order valence-corrected chi connectivity index (χ3v) is 3.84. The number of ether oxygens (including phenoxy) is 2. The highest BCUT2D eigenvalue weighted by Crippen LogP contribution is 2.33. The summed E-state index contributed by atoms with van der Waals surface area (Å²) in [6.45, 7) is 5.60. The van der Waals surface area contributed by atoms with Crippen molar-refractivity contribution < 1.29 is 14.3 Å². The van der Waals surface area contributed by atoms with Crippen molar-refractivity contribution in [2.75, 3.05) is 0 Å². The Bertz CT molecular complexity index is 324. The highest BCUT2D eigenvalue weighted by atomic mass is 16.6. The van der Waals surface area contributed by atoms with Gasteiger partial charge in [0.25, 0.3) is 0 Å². The highest BCUT2D eigenvalue weighted by Gasteiger charge is 2.45. The van der Waals surface area contributed by atoms with E-state index >= 15 is 0 Å². The molecule has 2 heterocycles. The molecule has 0 aromatic rings. The van der Waals surface area contributed by atoms with Crippen LogP contribution in [0.15, 0.2) is 4.99 Å². The summed E-state index contributed by atoms with van der Waals surface area (Å²) in [5, 5.41) is 0. The number of nitrogens with zero attached hydrogens (tertiary/aromatic N) is 1. The molecule has 19 heavy (non-hydrogen) atoms. The fraction of sp³-hybridized carbons (Fsp3) is 0.857. The normalized spacial score (nSPS) is 37.2. The zero-order valence-electron chi connectivity index (χ0n) is 11.7. The summed E-state index contributed by atoms with van der Waals surface area (Å²) in [5.41, 5.74) is 0. The smallest absolute Gasteiger partial charge is 0.306 e. The maximum Gasteiger partial charge on any atom is 0.306 e. The number of rotatable bonds is 1. The van der Waals surface area contributed by atoms with Gasteiger partial charge in [0.15, 0.2) is 0 Å². The van der Waals surface area contributed by atoms with E-state index in [0.717, 1.165) is 38.3 Å². The first kappa shape index (κ1) is 14.6. The van der Waals surface area contributed by atoms with Crippen molar-refractivity contribution in [3.63, 3.8) is 0 Å². The molecule has 2 aliphatic rings. The lowest BCUT2D eigenvalue weighted by molar-refractivity contribution is -0.148. The number of aliphatic imine (C=N–C) groups is 1. The van der Waals surface area contributed by atoms with E-state index < -0.39 is 0 Å². The molecule has 0 amide bonds. The van der Waals surface area contributed by atoms with Crippen LogP contribution in [0.5, 0.6) is 0 Å². The molecule has 0 N–H and O–H groups in total. The molecule has 4 nitrogen and oxygen atoms in total. The molecule has 0 saturated carbocycles. The molecule has 105 valence electrons. The van der Waals surface area contributed by atoms with Crippen molar-refractivity contribution in [2.45, 2.75) is 76.0 Å². The Balaban J connectivity index is 1.87. The Kier molecular flexibility index (Phi) is 5.43. The molecular weight excluding hydrogens is 241 g/mol. The van der Waals surface area contributed by atoms with Gasteiger partial charge in [0.05, 0.1) is 12.1 Å². The van der Waals surface area contributed by atoms with Crippen molar-refractivity contribution >= 4 is 20.0 Å². The predicted molar refractivity (Wildman–Crippen MR) is 76.0 cm³/mol. The van der Waals surface area contributed by atoms with Crippen LogP contribution in [-0.2, 0) is 14.3 Å². The molecule has 0 bridgehead atoms. The average molecular weight is 264 g/mol. The molecule has 0 aliphatic carbocycles. The van der Waals surface area contributed by atoms with E-state index in [4.69, 9.17) is 9.47 Å². The molecule has 2 rings (SSSR count). The average Bonchev–Trinajstić information content (AvgIpc) is 3.10. The lowest BCUT2D eigenvalue weighted by atomic mass is 9.67. The van der Waals surface area contributed by atoms with Gasteiger partial charge in [-0.25, -0.2) is 0 Å². The van der Waals surface area contributed by atoms with Crippen molar-refractivity contribution in [1.29, 1.82) is 0 Å². The maximum absolute atomic E-state index is 11.6. The van der Waals surface area contributed by atoms with Crippen molar-refractivity contribution in [2.24, 2.45) is 4.99 Å². The molecule has 5 heteroatoms. The molecule has 2 saturated heterocycles. The van der Waals surface area contributed by atoms with Crippen LogP contribution in [0, 0.1) is 0 Å². The maximum atomic E-state index is 11.6. The van der Waals surface area contributed by atoms with Crippen LogP contribution in [0.1, 0.15) is 39.0 Å². The standard InChI is InChI=1S/C14H23BNO3/c1-10-9-12-14(19-12)11(16-2)6-8-15-7-4-3-5-13(17)18-10/h10-12,14H,2-9H2,1H3. The number of carbonyl (C=O) groups excluding carboxylic acids is 1. The molecular formula is C14H23BNO3. The van der Waals surface area contributed by atoms with Gasteiger partial charge in [0, 0.05) is 12.8 Å². The van der Waals surface area contributed by atoms with Crippen molar-refractivity contribution in [3.8, 4) is 0 Å². The zero-order valence-corrected chi connectivity index (χ0v) is 11.7. The third-order valence-electron chi connectivity index (χ3n) is 3.84. The molecule has 1 radical (unpaired) electrons. The summed E-state index contributed by atoms with van der Waals surface area (Å²) in [4.78, 5) is 15.8. The molecule has 2 aliphatic heterocycles. The van der Waals surface area contributed by atoms with Crippen molar-refractivity contribution in [3.05, 3.63) is 0 Å². The van der Waals surface area contributed by atoms with E-state index in [-0.39, 0.29) is 30.3 Å². The lowest BCUT2D eigenvalue weighted by Crippen LogP contribution is -2.21.